The van der Waals surface area contributed by atoms with Crippen LogP contribution in [0.4, 0.5) is 4.39 Å². The number of halogens is 2. The lowest BCUT2D eigenvalue weighted by Gasteiger charge is -2.06. The molecule has 0 atom stereocenters. The fraction of sp³-hybridized carbons (Fsp3) is 0.364. The van der Waals surface area contributed by atoms with Crippen molar-refractivity contribution in [2.45, 2.75) is 20.3 Å². The zero-order valence-corrected chi connectivity index (χ0v) is 9.31. The zero-order valence-electron chi connectivity index (χ0n) is 8.55. The monoisotopic (exact) mass is 230 g/mol. The normalized spacial score (nSPS) is 10.7. The summed E-state index contributed by atoms with van der Waals surface area (Å²) in [5, 5.41) is 8.94. The molecule has 0 fully saturated rings. The molecule has 82 valence electrons. The minimum absolute atomic E-state index is 0.137. The number of phenols is 1. The minimum Gasteiger partial charge on any atom is -0.504 e. The second-order valence-electron chi connectivity index (χ2n) is 3.81. The Hall–Kier alpha value is -1.09. The van der Waals surface area contributed by atoms with Crippen LogP contribution in [-0.2, 0) is 0 Å². The Morgan fingerprint density at radius 1 is 1.53 bits per heavy atom. The fourth-order valence-corrected chi connectivity index (χ4v) is 1.42. The first-order valence-electron chi connectivity index (χ1n) is 4.63. The zero-order chi connectivity index (χ0) is 11.6. The van der Waals surface area contributed by atoms with E-state index in [9.17, 15) is 9.18 Å². The van der Waals surface area contributed by atoms with Crippen molar-refractivity contribution in [2.75, 3.05) is 0 Å². The Kier molecular flexibility index (Phi) is 3.69. The van der Waals surface area contributed by atoms with Crippen LogP contribution in [0.25, 0.3) is 0 Å². The highest BCUT2D eigenvalue weighted by atomic mass is 35.5. The maximum atomic E-state index is 13.1. The molecule has 0 unspecified atom stereocenters. The molecule has 2 nitrogen and oxygen atoms in total. The minimum atomic E-state index is -0.866. The van der Waals surface area contributed by atoms with E-state index in [1.807, 2.05) is 13.8 Å². The van der Waals surface area contributed by atoms with Gasteiger partial charge in [0.2, 0.25) is 0 Å². The average molecular weight is 231 g/mol. The van der Waals surface area contributed by atoms with Gasteiger partial charge >= 0.3 is 0 Å². The molecule has 0 saturated heterocycles. The van der Waals surface area contributed by atoms with Gasteiger partial charge in [-0.15, -0.1) is 0 Å². The lowest BCUT2D eigenvalue weighted by molar-refractivity contribution is 0.0967. The number of benzene rings is 1. The summed E-state index contributed by atoms with van der Waals surface area (Å²) in [6.07, 6.45) is 0.334. The van der Waals surface area contributed by atoms with Gasteiger partial charge in [0.15, 0.2) is 17.3 Å². The summed E-state index contributed by atoms with van der Waals surface area (Å²) in [5.41, 5.74) is 0.198. The highest BCUT2D eigenvalue weighted by Gasteiger charge is 2.14. The molecule has 1 aromatic rings. The maximum Gasteiger partial charge on any atom is 0.170 e. The van der Waals surface area contributed by atoms with Crippen molar-refractivity contribution < 1.29 is 14.3 Å². The van der Waals surface area contributed by atoms with Crippen LogP contribution in [-0.4, -0.2) is 10.9 Å². The SMILES string of the molecule is CC(C)CC(=O)c1cc(F)c(O)c(Cl)c1. The number of Topliss-reactive ketones (excluding diaryl/α,β-unsaturated/α-hetero) is 1. The van der Waals surface area contributed by atoms with E-state index < -0.39 is 11.6 Å². The Morgan fingerprint density at radius 2 is 2.13 bits per heavy atom. The molecule has 4 heteroatoms. The van der Waals surface area contributed by atoms with E-state index in [0.717, 1.165) is 6.07 Å². The summed E-state index contributed by atoms with van der Waals surface area (Å²) in [7, 11) is 0. The molecule has 1 rings (SSSR count). The van der Waals surface area contributed by atoms with E-state index in [2.05, 4.69) is 0 Å². The number of carbonyl (C=O) groups is 1. The molecular weight excluding hydrogens is 219 g/mol. The Balaban J connectivity index is 3.01. The predicted molar refractivity (Wildman–Crippen MR) is 56.9 cm³/mol. The number of carbonyl (C=O) groups excluding carboxylic acids is 1. The van der Waals surface area contributed by atoms with Gasteiger partial charge in [0.25, 0.3) is 0 Å². The van der Waals surface area contributed by atoms with Crippen molar-refractivity contribution in [3.63, 3.8) is 0 Å². The number of hydrogen-bond donors (Lipinski definition) is 1. The van der Waals surface area contributed by atoms with Crippen LogP contribution in [0.3, 0.4) is 0 Å². The van der Waals surface area contributed by atoms with E-state index in [1.54, 1.807) is 0 Å². The number of rotatable bonds is 3. The summed E-state index contributed by atoms with van der Waals surface area (Å²) in [5.74, 6) is -1.45. The molecule has 0 saturated carbocycles. The van der Waals surface area contributed by atoms with E-state index >= 15 is 0 Å². The van der Waals surface area contributed by atoms with Crippen LogP contribution in [0.2, 0.25) is 5.02 Å². The highest BCUT2D eigenvalue weighted by Crippen LogP contribution is 2.28. The first-order chi connectivity index (χ1) is 6.91. The predicted octanol–water partition coefficient (Wildman–Crippen LogP) is 3.41. The van der Waals surface area contributed by atoms with Crippen molar-refractivity contribution in [1.29, 1.82) is 0 Å². The molecule has 0 aromatic heterocycles. The molecule has 0 aliphatic carbocycles. The summed E-state index contributed by atoms with van der Waals surface area (Å²) < 4.78 is 13.1. The van der Waals surface area contributed by atoms with E-state index in [4.69, 9.17) is 16.7 Å². The van der Waals surface area contributed by atoms with Crippen LogP contribution >= 0.6 is 11.6 Å². The molecule has 0 radical (unpaired) electrons. The quantitative estimate of drug-likeness (QED) is 0.808. The first-order valence-corrected chi connectivity index (χ1v) is 5.00. The van der Waals surface area contributed by atoms with Gasteiger partial charge < -0.3 is 5.11 Å². The number of aromatic hydroxyl groups is 1. The molecule has 0 aliphatic heterocycles. The number of ketones is 1. The maximum absolute atomic E-state index is 13.1. The lowest BCUT2D eigenvalue weighted by atomic mass is 10.0. The van der Waals surface area contributed by atoms with Gasteiger partial charge in [-0.1, -0.05) is 25.4 Å². The smallest absolute Gasteiger partial charge is 0.170 e. The van der Waals surface area contributed by atoms with Crippen LogP contribution < -0.4 is 0 Å². The molecule has 0 amide bonds. The third-order valence-electron chi connectivity index (χ3n) is 1.93. The Labute approximate surface area is 92.7 Å². The topological polar surface area (TPSA) is 37.3 Å². The molecule has 0 aliphatic rings. The van der Waals surface area contributed by atoms with Gasteiger partial charge in [0.1, 0.15) is 0 Å². The van der Waals surface area contributed by atoms with Gasteiger partial charge in [-0.3, -0.25) is 4.79 Å². The number of hydrogen-bond acceptors (Lipinski definition) is 2. The molecule has 0 spiro atoms. The van der Waals surface area contributed by atoms with Crippen molar-refractivity contribution in [3.05, 3.63) is 28.5 Å². The second-order valence-corrected chi connectivity index (χ2v) is 4.22. The standard InChI is InChI=1S/C11H12ClFO2/c1-6(2)3-10(14)7-4-8(12)11(15)9(13)5-7/h4-6,15H,3H2,1-2H3. The molecule has 0 bridgehead atoms. The molecular formula is C11H12ClFO2. The van der Waals surface area contributed by atoms with E-state index in [0.29, 0.717) is 6.42 Å². The summed E-state index contributed by atoms with van der Waals surface area (Å²) >= 11 is 5.56. The van der Waals surface area contributed by atoms with Crippen molar-refractivity contribution in [3.8, 4) is 5.75 Å². The van der Waals surface area contributed by atoms with Crippen molar-refractivity contribution >= 4 is 17.4 Å². The molecule has 1 N–H and O–H groups in total. The van der Waals surface area contributed by atoms with Gasteiger partial charge in [0.05, 0.1) is 5.02 Å². The van der Waals surface area contributed by atoms with Crippen LogP contribution in [0, 0.1) is 11.7 Å². The van der Waals surface area contributed by atoms with Crippen molar-refractivity contribution in [1.82, 2.24) is 0 Å². The second kappa shape index (κ2) is 4.62. The molecule has 0 heterocycles. The fourth-order valence-electron chi connectivity index (χ4n) is 1.22. The lowest BCUT2D eigenvalue weighted by Crippen LogP contribution is -2.04. The number of phenolic OH excluding ortho intramolecular Hbond substituents is 1. The van der Waals surface area contributed by atoms with Gasteiger partial charge in [0, 0.05) is 12.0 Å². The van der Waals surface area contributed by atoms with Crippen LogP contribution in [0.15, 0.2) is 12.1 Å². The highest BCUT2D eigenvalue weighted by molar-refractivity contribution is 6.32. The largest absolute Gasteiger partial charge is 0.504 e. The Morgan fingerprint density at radius 3 is 2.60 bits per heavy atom. The molecule has 15 heavy (non-hydrogen) atoms. The van der Waals surface area contributed by atoms with Crippen LogP contribution in [0.1, 0.15) is 30.6 Å². The van der Waals surface area contributed by atoms with Gasteiger partial charge in [-0.25, -0.2) is 4.39 Å². The summed E-state index contributed by atoms with van der Waals surface area (Å²) in [6.45, 7) is 3.80. The molecule has 1 aromatic carbocycles. The van der Waals surface area contributed by atoms with E-state index in [1.165, 1.54) is 6.07 Å². The summed E-state index contributed by atoms with van der Waals surface area (Å²) in [6, 6.07) is 2.29. The van der Waals surface area contributed by atoms with Crippen molar-refractivity contribution in [2.24, 2.45) is 5.92 Å². The van der Waals surface area contributed by atoms with Crippen LogP contribution in [0.5, 0.6) is 5.75 Å². The Bertz CT molecular complexity index is 365. The van der Waals surface area contributed by atoms with Gasteiger partial charge in [-0.05, 0) is 18.1 Å². The third-order valence-corrected chi connectivity index (χ3v) is 2.22. The third kappa shape index (κ3) is 2.93. The van der Waals surface area contributed by atoms with E-state index in [-0.39, 0.29) is 22.3 Å². The van der Waals surface area contributed by atoms with Gasteiger partial charge in [-0.2, -0.15) is 0 Å². The average Bonchev–Trinajstić information content (AvgIpc) is 2.12. The first kappa shape index (κ1) is 12.0. The summed E-state index contributed by atoms with van der Waals surface area (Å²) in [4.78, 5) is 11.6.